The van der Waals surface area contributed by atoms with Crippen LogP contribution in [0, 0.1) is 0 Å². The lowest BCUT2D eigenvalue weighted by atomic mass is 10.3. The molecule has 0 radical (unpaired) electrons. The number of aromatic nitrogens is 2. The number of hydrogen-bond donors (Lipinski definition) is 1. The van der Waals surface area contributed by atoms with E-state index < -0.39 is 0 Å². The van der Waals surface area contributed by atoms with Gasteiger partial charge >= 0.3 is 0 Å². The summed E-state index contributed by atoms with van der Waals surface area (Å²) >= 11 is 4.60. The van der Waals surface area contributed by atoms with Crippen molar-refractivity contribution in [3.8, 4) is 5.75 Å². The Hall–Kier alpha value is -1.90. The molecule has 0 atom stereocenters. The van der Waals surface area contributed by atoms with Gasteiger partial charge in [0.15, 0.2) is 4.34 Å². The Morgan fingerprint density at radius 1 is 1.16 bits per heavy atom. The van der Waals surface area contributed by atoms with E-state index in [1.807, 2.05) is 47.8 Å². The van der Waals surface area contributed by atoms with Gasteiger partial charge in [-0.05, 0) is 30.0 Å². The third-order valence-electron chi connectivity index (χ3n) is 3.09. The maximum Gasteiger partial charge on any atom is 0.231 e. The highest BCUT2D eigenvalue weighted by atomic mass is 32.2. The largest absolute Gasteiger partial charge is 0.494 e. The average molecular weight is 392 g/mol. The number of benzene rings is 1. The average Bonchev–Trinajstić information content (AvgIpc) is 3.28. The Labute approximate surface area is 158 Å². The van der Waals surface area contributed by atoms with Gasteiger partial charge in [0, 0.05) is 10.6 Å². The van der Waals surface area contributed by atoms with Gasteiger partial charge in [0.05, 0.1) is 13.0 Å². The van der Waals surface area contributed by atoms with E-state index in [1.54, 1.807) is 23.1 Å². The van der Waals surface area contributed by atoms with E-state index in [9.17, 15) is 4.79 Å². The van der Waals surface area contributed by atoms with E-state index in [-0.39, 0.29) is 5.91 Å². The minimum absolute atomic E-state index is 0.0635. The number of ether oxygens (including phenoxy) is 1. The van der Waals surface area contributed by atoms with Gasteiger partial charge in [0.2, 0.25) is 11.0 Å². The molecule has 3 aromatic rings. The van der Waals surface area contributed by atoms with E-state index in [0.717, 1.165) is 27.1 Å². The summed E-state index contributed by atoms with van der Waals surface area (Å²) in [7, 11) is 0. The molecule has 2 aromatic heterocycles. The standard InChI is InChI=1S/C17H17N3O2S3/c21-15(12-14-8-4-10-23-14)18-16-19-20-17(25-16)24-11-5-9-22-13-6-2-1-3-7-13/h1-4,6-8,10H,5,9,11-12H2,(H,18,19,21). The van der Waals surface area contributed by atoms with E-state index >= 15 is 0 Å². The summed E-state index contributed by atoms with van der Waals surface area (Å²) in [6.45, 7) is 0.667. The zero-order valence-electron chi connectivity index (χ0n) is 13.4. The molecule has 1 amide bonds. The number of thioether (sulfide) groups is 1. The Bertz CT molecular complexity index is 776. The summed E-state index contributed by atoms with van der Waals surface area (Å²) in [5.41, 5.74) is 0. The van der Waals surface area contributed by atoms with E-state index in [2.05, 4.69) is 15.5 Å². The van der Waals surface area contributed by atoms with Crippen LogP contribution in [0.4, 0.5) is 5.13 Å². The summed E-state index contributed by atoms with van der Waals surface area (Å²) in [5, 5.41) is 13.4. The normalized spacial score (nSPS) is 10.6. The van der Waals surface area contributed by atoms with Crippen LogP contribution in [0.5, 0.6) is 5.75 Å². The Morgan fingerprint density at radius 2 is 2.04 bits per heavy atom. The fraction of sp³-hybridized carbons (Fsp3) is 0.235. The van der Waals surface area contributed by atoms with E-state index in [4.69, 9.17) is 4.74 Å². The quantitative estimate of drug-likeness (QED) is 0.334. The van der Waals surface area contributed by atoms with Gasteiger partial charge in [-0.25, -0.2) is 0 Å². The number of carbonyl (C=O) groups is 1. The van der Waals surface area contributed by atoms with Gasteiger partial charge in [-0.15, -0.1) is 21.5 Å². The van der Waals surface area contributed by atoms with Crippen LogP contribution in [0.15, 0.2) is 52.2 Å². The summed E-state index contributed by atoms with van der Waals surface area (Å²) < 4.78 is 6.50. The molecule has 1 aromatic carbocycles. The van der Waals surface area contributed by atoms with Crippen molar-refractivity contribution in [1.82, 2.24) is 10.2 Å². The first-order valence-electron chi connectivity index (χ1n) is 7.76. The molecule has 5 nitrogen and oxygen atoms in total. The highest BCUT2D eigenvalue weighted by Crippen LogP contribution is 2.26. The maximum absolute atomic E-state index is 11.9. The van der Waals surface area contributed by atoms with Gasteiger partial charge in [0.1, 0.15) is 5.75 Å². The van der Waals surface area contributed by atoms with Gasteiger partial charge < -0.3 is 10.1 Å². The molecule has 0 fully saturated rings. The summed E-state index contributed by atoms with van der Waals surface area (Å²) in [6, 6.07) is 13.7. The molecule has 0 aliphatic rings. The second-order valence-corrected chi connectivity index (χ2v) is 8.39. The fourth-order valence-corrected chi connectivity index (χ4v) is 4.43. The smallest absolute Gasteiger partial charge is 0.231 e. The number of carbonyl (C=O) groups excluding carboxylic acids is 1. The predicted octanol–water partition coefficient (Wildman–Crippen LogP) is 4.34. The zero-order valence-corrected chi connectivity index (χ0v) is 15.8. The number of amides is 1. The molecular weight excluding hydrogens is 374 g/mol. The second kappa shape index (κ2) is 9.55. The van der Waals surface area contributed by atoms with Crippen LogP contribution >= 0.6 is 34.4 Å². The monoisotopic (exact) mass is 391 g/mol. The van der Waals surface area contributed by atoms with Gasteiger partial charge in [-0.2, -0.15) is 0 Å². The SMILES string of the molecule is O=C(Cc1cccs1)Nc1nnc(SCCCOc2ccccc2)s1. The highest BCUT2D eigenvalue weighted by molar-refractivity contribution is 8.01. The molecule has 0 aliphatic heterocycles. The number of rotatable bonds is 9. The minimum Gasteiger partial charge on any atom is -0.494 e. The van der Waals surface area contributed by atoms with Crippen molar-refractivity contribution < 1.29 is 9.53 Å². The number of anilines is 1. The molecule has 25 heavy (non-hydrogen) atoms. The van der Waals surface area contributed by atoms with Crippen LogP contribution in [0.1, 0.15) is 11.3 Å². The van der Waals surface area contributed by atoms with Crippen LogP contribution in [0.3, 0.4) is 0 Å². The number of nitrogens with zero attached hydrogens (tertiary/aromatic N) is 2. The molecule has 3 rings (SSSR count). The van der Waals surface area contributed by atoms with Crippen molar-refractivity contribution in [2.24, 2.45) is 0 Å². The van der Waals surface area contributed by atoms with Gasteiger partial charge in [-0.3, -0.25) is 4.79 Å². The van der Waals surface area contributed by atoms with Crippen LogP contribution in [-0.4, -0.2) is 28.5 Å². The van der Waals surface area contributed by atoms with Crippen LogP contribution < -0.4 is 10.1 Å². The summed E-state index contributed by atoms with van der Waals surface area (Å²) in [6.07, 6.45) is 1.29. The third-order valence-corrected chi connectivity index (χ3v) is 6.03. The minimum atomic E-state index is -0.0635. The third kappa shape index (κ3) is 6.15. The van der Waals surface area contributed by atoms with Gasteiger partial charge in [0.25, 0.3) is 0 Å². The second-order valence-electron chi connectivity index (χ2n) is 5.04. The molecule has 0 bridgehead atoms. The zero-order chi connectivity index (χ0) is 17.3. The van der Waals surface area contributed by atoms with Crippen LogP contribution in [0.2, 0.25) is 0 Å². The molecule has 130 valence electrons. The van der Waals surface area contributed by atoms with Crippen molar-refractivity contribution in [1.29, 1.82) is 0 Å². The van der Waals surface area contributed by atoms with E-state index in [1.165, 1.54) is 11.3 Å². The maximum atomic E-state index is 11.9. The Balaban J connectivity index is 1.34. The molecule has 0 aliphatic carbocycles. The predicted molar refractivity (Wildman–Crippen MR) is 104 cm³/mol. The molecule has 0 unspecified atom stereocenters. The van der Waals surface area contributed by atoms with Crippen molar-refractivity contribution in [3.63, 3.8) is 0 Å². The van der Waals surface area contributed by atoms with Crippen molar-refractivity contribution in [3.05, 3.63) is 52.7 Å². The number of hydrogen-bond acceptors (Lipinski definition) is 7. The van der Waals surface area contributed by atoms with Crippen molar-refractivity contribution in [2.45, 2.75) is 17.2 Å². The van der Waals surface area contributed by atoms with E-state index in [0.29, 0.717) is 18.2 Å². The molecule has 0 saturated carbocycles. The van der Waals surface area contributed by atoms with Crippen LogP contribution in [-0.2, 0) is 11.2 Å². The van der Waals surface area contributed by atoms with Crippen LogP contribution in [0.25, 0.3) is 0 Å². The molecule has 1 N–H and O–H groups in total. The molecule has 0 saturated heterocycles. The molecule has 2 heterocycles. The number of para-hydroxylation sites is 1. The molecule has 8 heteroatoms. The number of thiophene rings is 1. The Morgan fingerprint density at radius 3 is 2.84 bits per heavy atom. The van der Waals surface area contributed by atoms with Gasteiger partial charge in [-0.1, -0.05) is 47.4 Å². The first-order valence-corrected chi connectivity index (χ1v) is 10.4. The van der Waals surface area contributed by atoms with Crippen molar-refractivity contribution in [2.75, 3.05) is 17.7 Å². The summed E-state index contributed by atoms with van der Waals surface area (Å²) in [4.78, 5) is 13.0. The van der Waals surface area contributed by atoms with Crippen molar-refractivity contribution >= 4 is 45.5 Å². The highest BCUT2D eigenvalue weighted by Gasteiger charge is 2.09. The first-order chi connectivity index (χ1) is 12.3. The summed E-state index contributed by atoms with van der Waals surface area (Å²) in [5.74, 6) is 1.72. The lowest BCUT2D eigenvalue weighted by Crippen LogP contribution is -2.13. The lowest BCUT2D eigenvalue weighted by Gasteiger charge is -2.04. The lowest BCUT2D eigenvalue weighted by molar-refractivity contribution is -0.115. The first kappa shape index (κ1) is 17.9. The topological polar surface area (TPSA) is 64.1 Å². The molecule has 0 spiro atoms. The fourth-order valence-electron chi connectivity index (χ4n) is 1.98. The number of nitrogens with one attached hydrogen (secondary N) is 1. The molecular formula is C17H17N3O2S3. The Kier molecular flexibility index (Phi) is 6.84.